The number of carbonyl (C=O) groups excluding carboxylic acids is 2. The molecule has 2 aromatic heterocycles. The van der Waals surface area contributed by atoms with Crippen LogP contribution in [0.15, 0.2) is 48.8 Å². The molecule has 3 aromatic rings. The minimum Gasteiger partial charge on any atom is -0.347 e. The number of nitrogens with zero attached hydrogens (tertiary/aromatic N) is 3. The number of nitrogens with one attached hydrogen (secondary N) is 3. The Balaban J connectivity index is 1.84. The summed E-state index contributed by atoms with van der Waals surface area (Å²) in [6, 6.07) is 7.36. The normalized spacial score (nSPS) is 11.9. The fourth-order valence-electron chi connectivity index (χ4n) is 2.92. The number of amides is 2. The maximum absolute atomic E-state index is 12.6. The summed E-state index contributed by atoms with van der Waals surface area (Å²) in [5.41, 5.74) is 3.16. The highest BCUT2D eigenvalue weighted by Gasteiger charge is 2.20. The van der Waals surface area contributed by atoms with Crippen LogP contribution in [-0.2, 0) is 4.79 Å². The lowest BCUT2D eigenvalue weighted by Gasteiger charge is -2.20. The lowest BCUT2D eigenvalue weighted by atomic mass is 10.1. The van der Waals surface area contributed by atoms with Crippen molar-refractivity contribution in [1.29, 1.82) is 0 Å². The van der Waals surface area contributed by atoms with E-state index < -0.39 is 0 Å². The van der Waals surface area contributed by atoms with E-state index in [1.165, 1.54) is 6.08 Å². The molecule has 8 heteroatoms. The van der Waals surface area contributed by atoms with E-state index in [-0.39, 0.29) is 17.4 Å². The van der Waals surface area contributed by atoms with Gasteiger partial charge in [-0.05, 0) is 47.0 Å². The number of hydrogen-bond acceptors (Lipinski definition) is 5. The second kappa shape index (κ2) is 9.09. The number of benzene rings is 1. The monoisotopic (exact) mass is 420 g/mol. The van der Waals surface area contributed by atoms with Gasteiger partial charge in [0.25, 0.3) is 5.91 Å². The highest BCUT2D eigenvalue weighted by atomic mass is 16.2. The van der Waals surface area contributed by atoms with E-state index in [0.717, 1.165) is 5.56 Å². The van der Waals surface area contributed by atoms with Crippen LogP contribution < -0.4 is 10.6 Å². The zero-order valence-electron chi connectivity index (χ0n) is 18.5. The van der Waals surface area contributed by atoms with Crippen LogP contribution in [0.5, 0.6) is 0 Å². The summed E-state index contributed by atoms with van der Waals surface area (Å²) in [7, 11) is 3.87. The number of fused-ring (bicyclic) bond motifs is 1. The smallest absolute Gasteiger partial charge is 0.255 e. The lowest BCUT2D eigenvalue weighted by Crippen LogP contribution is -2.40. The molecule has 0 atom stereocenters. The van der Waals surface area contributed by atoms with Crippen LogP contribution in [-0.4, -0.2) is 57.8 Å². The first-order valence-electron chi connectivity index (χ1n) is 10.0. The standard InChI is InChI=1S/C23H28N6O2/c1-23(2,3)28-22(31)17-13-24-21-20(17)27-18(14-25-21)15-8-6-9-16(12-15)26-19(30)10-7-11-29(4)5/h6-10,12-14H,11H2,1-5H3,(H,24,25)(H,26,30)(H,28,31)/b10-7+. The molecule has 2 amide bonds. The van der Waals surface area contributed by atoms with Gasteiger partial charge >= 0.3 is 0 Å². The summed E-state index contributed by atoms with van der Waals surface area (Å²) in [4.78, 5) is 38.8. The van der Waals surface area contributed by atoms with Crippen molar-refractivity contribution >= 4 is 28.7 Å². The summed E-state index contributed by atoms with van der Waals surface area (Å²) < 4.78 is 0. The van der Waals surface area contributed by atoms with Crippen molar-refractivity contribution in [3.63, 3.8) is 0 Å². The first kappa shape index (κ1) is 22.2. The van der Waals surface area contributed by atoms with Crippen LogP contribution in [0.25, 0.3) is 22.4 Å². The maximum Gasteiger partial charge on any atom is 0.255 e. The van der Waals surface area contributed by atoms with Crippen molar-refractivity contribution in [2.24, 2.45) is 0 Å². The molecule has 0 saturated carbocycles. The second-order valence-electron chi connectivity index (χ2n) is 8.59. The molecule has 0 saturated heterocycles. The molecular weight excluding hydrogens is 392 g/mol. The summed E-state index contributed by atoms with van der Waals surface area (Å²) >= 11 is 0. The average molecular weight is 421 g/mol. The number of aromatic nitrogens is 3. The van der Waals surface area contributed by atoms with E-state index in [1.54, 1.807) is 18.5 Å². The molecule has 162 valence electrons. The number of hydrogen-bond donors (Lipinski definition) is 3. The minimum absolute atomic E-state index is 0.202. The molecule has 3 rings (SSSR count). The topological polar surface area (TPSA) is 103 Å². The Labute approximate surface area is 181 Å². The van der Waals surface area contributed by atoms with Gasteiger partial charge in [0.05, 0.1) is 17.5 Å². The molecule has 0 aliphatic carbocycles. The van der Waals surface area contributed by atoms with Gasteiger partial charge in [-0.25, -0.2) is 9.97 Å². The number of aromatic amines is 1. The van der Waals surface area contributed by atoms with E-state index >= 15 is 0 Å². The summed E-state index contributed by atoms with van der Waals surface area (Å²) in [6.07, 6.45) is 6.57. The molecular formula is C23H28N6O2. The molecule has 3 N–H and O–H groups in total. The Kier molecular flexibility index (Phi) is 6.50. The van der Waals surface area contributed by atoms with Crippen molar-refractivity contribution < 1.29 is 9.59 Å². The van der Waals surface area contributed by atoms with Crippen molar-refractivity contribution in [3.8, 4) is 11.3 Å². The predicted octanol–water partition coefficient (Wildman–Crippen LogP) is 3.21. The second-order valence-corrected chi connectivity index (χ2v) is 8.59. The Morgan fingerprint density at radius 2 is 2.00 bits per heavy atom. The number of rotatable bonds is 6. The summed E-state index contributed by atoms with van der Waals surface area (Å²) in [5, 5.41) is 5.79. The maximum atomic E-state index is 12.6. The first-order valence-corrected chi connectivity index (χ1v) is 10.0. The van der Waals surface area contributed by atoms with Crippen LogP contribution >= 0.6 is 0 Å². The van der Waals surface area contributed by atoms with Crippen molar-refractivity contribution in [2.45, 2.75) is 26.3 Å². The molecule has 0 unspecified atom stereocenters. The lowest BCUT2D eigenvalue weighted by molar-refractivity contribution is -0.111. The van der Waals surface area contributed by atoms with Crippen LogP contribution in [0.1, 0.15) is 31.1 Å². The largest absolute Gasteiger partial charge is 0.347 e. The fourth-order valence-corrected chi connectivity index (χ4v) is 2.92. The molecule has 0 spiro atoms. The highest BCUT2D eigenvalue weighted by Crippen LogP contribution is 2.24. The van der Waals surface area contributed by atoms with Crippen LogP contribution in [0.4, 0.5) is 5.69 Å². The Morgan fingerprint density at radius 3 is 2.71 bits per heavy atom. The van der Waals surface area contributed by atoms with Gasteiger partial charge in [-0.2, -0.15) is 0 Å². The van der Waals surface area contributed by atoms with E-state index in [4.69, 9.17) is 0 Å². The van der Waals surface area contributed by atoms with Crippen molar-refractivity contribution in [3.05, 3.63) is 54.4 Å². The van der Waals surface area contributed by atoms with Gasteiger partial charge < -0.3 is 20.5 Å². The number of anilines is 1. The quantitative estimate of drug-likeness (QED) is 0.532. The third-order valence-electron chi connectivity index (χ3n) is 4.28. The van der Waals surface area contributed by atoms with Gasteiger partial charge in [-0.15, -0.1) is 0 Å². The number of H-pyrrole nitrogens is 1. The SMILES string of the molecule is CN(C)C/C=C/C(=O)Nc1cccc(-c2cnc3[nH]cc(C(=O)NC(C)(C)C)c3n2)c1. The van der Waals surface area contributed by atoms with E-state index in [2.05, 4.69) is 25.6 Å². The summed E-state index contributed by atoms with van der Waals surface area (Å²) in [6.45, 7) is 6.45. The van der Waals surface area contributed by atoms with Gasteiger partial charge in [0.1, 0.15) is 5.52 Å². The van der Waals surface area contributed by atoms with E-state index in [9.17, 15) is 9.59 Å². The van der Waals surface area contributed by atoms with E-state index in [1.807, 2.05) is 64.0 Å². The fraction of sp³-hybridized carbons (Fsp3) is 0.304. The third kappa shape index (κ3) is 5.99. The average Bonchev–Trinajstić information content (AvgIpc) is 3.10. The minimum atomic E-state index is -0.362. The predicted molar refractivity (Wildman–Crippen MR) is 123 cm³/mol. The first-order chi connectivity index (χ1) is 14.6. The molecule has 31 heavy (non-hydrogen) atoms. The van der Waals surface area contributed by atoms with Crippen LogP contribution in [0.2, 0.25) is 0 Å². The number of likely N-dealkylation sites (N-methyl/N-ethyl adjacent to an activating group) is 1. The van der Waals surface area contributed by atoms with Crippen molar-refractivity contribution in [2.75, 3.05) is 26.0 Å². The molecule has 0 aliphatic rings. The van der Waals surface area contributed by atoms with Gasteiger partial charge in [-0.3, -0.25) is 9.59 Å². The summed E-state index contributed by atoms with van der Waals surface area (Å²) in [5.74, 6) is -0.414. The molecule has 2 heterocycles. The zero-order chi connectivity index (χ0) is 22.6. The third-order valence-corrected chi connectivity index (χ3v) is 4.28. The van der Waals surface area contributed by atoms with Gasteiger partial charge in [0.15, 0.2) is 5.65 Å². The molecule has 0 fully saturated rings. The Hall–Kier alpha value is -3.52. The van der Waals surface area contributed by atoms with Gasteiger partial charge in [0, 0.05) is 35.6 Å². The number of carbonyl (C=O) groups is 2. The highest BCUT2D eigenvalue weighted by molar-refractivity contribution is 6.05. The molecule has 0 aliphatic heterocycles. The van der Waals surface area contributed by atoms with Crippen LogP contribution in [0.3, 0.4) is 0 Å². The Morgan fingerprint density at radius 1 is 1.23 bits per heavy atom. The van der Waals surface area contributed by atoms with E-state index in [0.29, 0.717) is 34.7 Å². The Bertz CT molecular complexity index is 1120. The van der Waals surface area contributed by atoms with Gasteiger partial charge in [0.2, 0.25) is 5.91 Å². The van der Waals surface area contributed by atoms with Crippen LogP contribution in [0, 0.1) is 0 Å². The van der Waals surface area contributed by atoms with Crippen molar-refractivity contribution in [1.82, 2.24) is 25.2 Å². The molecule has 8 nitrogen and oxygen atoms in total. The zero-order valence-corrected chi connectivity index (χ0v) is 18.5. The molecule has 1 aromatic carbocycles. The molecule has 0 radical (unpaired) electrons. The van der Waals surface area contributed by atoms with Gasteiger partial charge in [-0.1, -0.05) is 18.2 Å². The molecule has 0 bridgehead atoms.